The van der Waals surface area contributed by atoms with E-state index in [1.807, 2.05) is 0 Å². The van der Waals surface area contributed by atoms with E-state index in [2.05, 4.69) is 11.2 Å². The third kappa shape index (κ3) is 4.68. The number of hydroxylamine groups is 2. The Morgan fingerprint density at radius 2 is 1.75 bits per heavy atom. The number of carbonyl (C=O) groups is 4. The first-order chi connectivity index (χ1) is 11.5. The zero-order chi connectivity index (χ0) is 17.5. The van der Waals surface area contributed by atoms with Gasteiger partial charge in [0.05, 0.1) is 0 Å². The Kier molecular flexibility index (Phi) is 5.68. The van der Waals surface area contributed by atoms with Gasteiger partial charge in [0.2, 0.25) is 5.91 Å². The van der Waals surface area contributed by atoms with Crippen LogP contribution in [0.3, 0.4) is 0 Å². The maximum absolute atomic E-state index is 11.8. The average molecular weight is 328 g/mol. The topological polar surface area (TPSA) is 92.8 Å². The molecule has 0 saturated carbocycles. The third-order valence-electron chi connectivity index (χ3n) is 3.32. The van der Waals surface area contributed by atoms with Gasteiger partial charge < -0.3 is 10.2 Å². The van der Waals surface area contributed by atoms with Crippen LogP contribution in [0.5, 0.6) is 0 Å². The molecule has 1 saturated heterocycles. The predicted octanol–water partition coefficient (Wildman–Crippen LogP) is 1.38. The van der Waals surface area contributed by atoms with Crippen LogP contribution < -0.4 is 5.32 Å². The van der Waals surface area contributed by atoms with Gasteiger partial charge in [-0.3, -0.25) is 14.4 Å². The summed E-state index contributed by atoms with van der Waals surface area (Å²) in [6, 6.07) is 6.78. The Balaban J connectivity index is 1.70. The lowest BCUT2D eigenvalue weighted by Gasteiger charge is -2.12. The molecule has 24 heavy (non-hydrogen) atoms. The highest BCUT2D eigenvalue weighted by molar-refractivity contribution is 6.01. The SMILES string of the molecule is C#Cc1ccc(NC(=O)CCCC(=O)ON2C(=O)CCC2=O)cc1. The Hall–Kier alpha value is -3.14. The van der Waals surface area contributed by atoms with E-state index in [0.29, 0.717) is 16.3 Å². The molecular weight excluding hydrogens is 312 g/mol. The molecule has 0 bridgehead atoms. The van der Waals surface area contributed by atoms with Gasteiger partial charge >= 0.3 is 5.97 Å². The molecule has 0 atom stereocenters. The number of benzene rings is 1. The molecule has 0 radical (unpaired) electrons. The van der Waals surface area contributed by atoms with E-state index in [4.69, 9.17) is 11.3 Å². The van der Waals surface area contributed by atoms with E-state index in [9.17, 15) is 19.2 Å². The van der Waals surface area contributed by atoms with Crippen molar-refractivity contribution in [1.82, 2.24) is 5.06 Å². The number of amides is 3. The van der Waals surface area contributed by atoms with Crippen molar-refractivity contribution in [2.24, 2.45) is 0 Å². The number of imide groups is 1. The average Bonchev–Trinajstić information content (AvgIpc) is 2.87. The highest BCUT2D eigenvalue weighted by Crippen LogP contribution is 2.14. The van der Waals surface area contributed by atoms with Crippen molar-refractivity contribution in [3.8, 4) is 12.3 Å². The minimum Gasteiger partial charge on any atom is -0.330 e. The summed E-state index contributed by atoms with van der Waals surface area (Å²) in [5.74, 6) is 0.444. The zero-order valence-corrected chi connectivity index (χ0v) is 12.9. The number of hydrogen-bond donors (Lipinski definition) is 1. The fraction of sp³-hybridized carbons (Fsp3) is 0.294. The van der Waals surface area contributed by atoms with E-state index in [-0.39, 0.29) is 38.0 Å². The monoisotopic (exact) mass is 328 g/mol. The lowest BCUT2D eigenvalue weighted by molar-refractivity contribution is -0.197. The summed E-state index contributed by atoms with van der Waals surface area (Å²) in [6.07, 6.45) is 5.62. The normalized spacial score (nSPS) is 13.5. The fourth-order valence-electron chi connectivity index (χ4n) is 2.07. The molecule has 7 nitrogen and oxygen atoms in total. The zero-order valence-electron chi connectivity index (χ0n) is 12.9. The maximum atomic E-state index is 11.8. The molecule has 1 fully saturated rings. The van der Waals surface area contributed by atoms with E-state index < -0.39 is 17.8 Å². The van der Waals surface area contributed by atoms with Crippen molar-refractivity contribution in [1.29, 1.82) is 0 Å². The lowest BCUT2D eigenvalue weighted by Crippen LogP contribution is -2.32. The summed E-state index contributed by atoms with van der Waals surface area (Å²) in [7, 11) is 0. The van der Waals surface area contributed by atoms with Gasteiger partial charge in [-0.2, -0.15) is 0 Å². The second-order valence-electron chi connectivity index (χ2n) is 5.17. The van der Waals surface area contributed by atoms with E-state index in [1.54, 1.807) is 24.3 Å². The molecule has 3 amide bonds. The number of nitrogens with zero attached hydrogens (tertiary/aromatic N) is 1. The third-order valence-corrected chi connectivity index (χ3v) is 3.32. The number of carbonyl (C=O) groups excluding carboxylic acids is 4. The Morgan fingerprint density at radius 1 is 1.12 bits per heavy atom. The first-order valence-corrected chi connectivity index (χ1v) is 7.42. The first kappa shape index (κ1) is 17.2. The summed E-state index contributed by atoms with van der Waals surface area (Å²) in [6.45, 7) is 0. The molecule has 1 heterocycles. The molecule has 1 N–H and O–H groups in total. The van der Waals surface area contributed by atoms with Crippen LogP contribution in [-0.4, -0.2) is 28.8 Å². The molecule has 0 unspecified atom stereocenters. The summed E-state index contributed by atoms with van der Waals surface area (Å²) >= 11 is 0. The van der Waals surface area contributed by atoms with Crippen LogP contribution in [0, 0.1) is 12.3 Å². The van der Waals surface area contributed by atoms with Crippen LogP contribution in [0.15, 0.2) is 24.3 Å². The highest BCUT2D eigenvalue weighted by atomic mass is 16.7. The van der Waals surface area contributed by atoms with Crippen LogP contribution in [0.25, 0.3) is 0 Å². The van der Waals surface area contributed by atoms with Gasteiger partial charge in [0, 0.05) is 36.9 Å². The van der Waals surface area contributed by atoms with E-state index in [1.165, 1.54) is 0 Å². The molecule has 0 spiro atoms. The van der Waals surface area contributed by atoms with Crippen molar-refractivity contribution < 1.29 is 24.0 Å². The van der Waals surface area contributed by atoms with E-state index >= 15 is 0 Å². The number of hydrogen-bond acceptors (Lipinski definition) is 5. The largest absolute Gasteiger partial charge is 0.333 e. The molecule has 124 valence electrons. The molecule has 1 aromatic carbocycles. The summed E-state index contributed by atoms with van der Waals surface area (Å²) in [5.41, 5.74) is 1.32. The quantitative estimate of drug-likeness (QED) is 0.629. The van der Waals surface area contributed by atoms with Crippen molar-refractivity contribution in [2.75, 3.05) is 5.32 Å². The Morgan fingerprint density at radius 3 is 2.33 bits per heavy atom. The number of anilines is 1. The van der Waals surface area contributed by atoms with Crippen molar-refractivity contribution >= 4 is 29.4 Å². The van der Waals surface area contributed by atoms with Gasteiger partial charge in [-0.25, -0.2) is 4.79 Å². The van der Waals surface area contributed by atoms with Crippen LogP contribution >= 0.6 is 0 Å². The van der Waals surface area contributed by atoms with Gasteiger partial charge in [0.15, 0.2) is 0 Å². The first-order valence-electron chi connectivity index (χ1n) is 7.42. The summed E-state index contributed by atoms with van der Waals surface area (Å²) in [4.78, 5) is 50.7. The Labute approximate surface area is 138 Å². The molecular formula is C17H16N2O5. The van der Waals surface area contributed by atoms with E-state index in [0.717, 1.165) is 0 Å². The smallest absolute Gasteiger partial charge is 0.330 e. The van der Waals surface area contributed by atoms with Crippen molar-refractivity contribution in [3.63, 3.8) is 0 Å². The second kappa shape index (κ2) is 7.92. The van der Waals surface area contributed by atoms with Gasteiger partial charge in [0.1, 0.15) is 0 Å². The van der Waals surface area contributed by atoms with Gasteiger partial charge in [-0.1, -0.05) is 5.92 Å². The number of terminal acetylenes is 1. The molecule has 7 heteroatoms. The molecule has 0 aliphatic carbocycles. The molecule has 1 aliphatic rings. The minimum absolute atomic E-state index is 0.0486. The van der Waals surface area contributed by atoms with Crippen LogP contribution in [-0.2, 0) is 24.0 Å². The van der Waals surface area contributed by atoms with Crippen molar-refractivity contribution in [3.05, 3.63) is 29.8 Å². The lowest BCUT2D eigenvalue weighted by atomic mass is 10.2. The highest BCUT2D eigenvalue weighted by Gasteiger charge is 2.32. The maximum Gasteiger partial charge on any atom is 0.333 e. The summed E-state index contributed by atoms with van der Waals surface area (Å²) in [5, 5.41) is 3.17. The van der Waals surface area contributed by atoms with Crippen molar-refractivity contribution in [2.45, 2.75) is 32.1 Å². The second-order valence-corrected chi connectivity index (χ2v) is 5.17. The van der Waals surface area contributed by atoms with Crippen LogP contribution in [0.4, 0.5) is 5.69 Å². The molecule has 0 aromatic heterocycles. The predicted molar refractivity (Wildman–Crippen MR) is 84.0 cm³/mol. The van der Waals surface area contributed by atoms with Gasteiger partial charge in [-0.15, -0.1) is 11.5 Å². The fourth-order valence-corrected chi connectivity index (χ4v) is 2.07. The number of rotatable bonds is 6. The summed E-state index contributed by atoms with van der Waals surface area (Å²) < 4.78 is 0. The van der Waals surface area contributed by atoms with Gasteiger partial charge in [0.25, 0.3) is 11.8 Å². The van der Waals surface area contributed by atoms with Crippen LogP contribution in [0.2, 0.25) is 0 Å². The standard InChI is InChI=1S/C17H16N2O5/c1-2-12-6-8-13(9-7-12)18-14(20)4-3-5-17(23)24-19-15(21)10-11-16(19)22/h1,6-9H,3-5,10-11H2,(H,18,20). The number of nitrogens with one attached hydrogen (secondary N) is 1. The molecule has 1 aliphatic heterocycles. The molecule has 2 rings (SSSR count). The minimum atomic E-state index is -0.718. The van der Waals surface area contributed by atoms with Gasteiger partial charge in [-0.05, 0) is 30.7 Å². The molecule has 1 aromatic rings. The van der Waals surface area contributed by atoms with Crippen LogP contribution in [0.1, 0.15) is 37.7 Å². The Bertz CT molecular complexity index is 687.